The molecule has 0 aromatic rings. The number of ether oxygens (including phenoxy) is 3. The fourth-order valence-electron chi connectivity index (χ4n) is 9.00. The summed E-state index contributed by atoms with van der Waals surface area (Å²) < 4.78 is 39.6. The number of unbranched alkanes of at least 4 members (excludes halogenated alkanes) is 34. The van der Waals surface area contributed by atoms with Gasteiger partial charge in [-0.05, 0) is 57.8 Å². The molecule has 0 fully saturated rings. The van der Waals surface area contributed by atoms with Crippen LogP contribution in [0.5, 0.6) is 0 Å². The third-order valence-electron chi connectivity index (χ3n) is 13.8. The number of allylic oxidation sites excluding steroid dienone is 8. The molecular formula is C64H117O11P. The molecule has 76 heavy (non-hydrogen) atoms. The Morgan fingerprint density at radius 3 is 1.05 bits per heavy atom. The van der Waals surface area contributed by atoms with E-state index in [0.717, 1.165) is 103 Å². The Kier molecular flexibility index (Phi) is 56.6. The number of carbonyl (C=O) groups excluding carboxylic acids is 3. The van der Waals surface area contributed by atoms with Crippen molar-refractivity contribution < 1.29 is 52.2 Å². The number of esters is 3. The lowest BCUT2D eigenvalue weighted by molar-refractivity contribution is -0.161. The molecule has 0 heterocycles. The van der Waals surface area contributed by atoms with Gasteiger partial charge in [0.05, 0.1) is 19.8 Å². The number of carbonyl (C=O) groups is 3. The molecule has 0 aliphatic carbocycles. The molecular weight excluding hydrogens is 976 g/mol. The third-order valence-corrected chi connectivity index (χ3v) is 14.7. The number of hydrogen-bond donors (Lipinski definition) is 2. The van der Waals surface area contributed by atoms with Crippen LogP contribution in [0.2, 0.25) is 0 Å². The van der Waals surface area contributed by atoms with Crippen molar-refractivity contribution >= 4 is 25.7 Å². The fraction of sp³-hybridized carbons (Fsp3) is 0.828. The van der Waals surface area contributed by atoms with Crippen molar-refractivity contribution in [2.75, 3.05) is 26.4 Å². The molecule has 0 spiro atoms. The van der Waals surface area contributed by atoms with E-state index in [1.165, 1.54) is 141 Å². The van der Waals surface area contributed by atoms with Gasteiger partial charge in [0.1, 0.15) is 12.7 Å². The second-order valence-electron chi connectivity index (χ2n) is 21.2. The second kappa shape index (κ2) is 58.6. The van der Waals surface area contributed by atoms with Crippen LogP contribution in [0.25, 0.3) is 0 Å². The average Bonchev–Trinajstić information content (AvgIpc) is 3.41. The summed E-state index contributed by atoms with van der Waals surface area (Å²) in [6, 6.07) is 0. The Hall–Kier alpha value is -2.56. The highest BCUT2D eigenvalue weighted by molar-refractivity contribution is 7.47. The van der Waals surface area contributed by atoms with E-state index in [2.05, 4.69) is 69.4 Å². The molecule has 0 aromatic heterocycles. The molecule has 11 nitrogen and oxygen atoms in total. The largest absolute Gasteiger partial charge is 0.472 e. The fourth-order valence-corrected chi connectivity index (χ4v) is 9.78. The number of phosphoric ester groups is 1. The zero-order valence-corrected chi connectivity index (χ0v) is 50.1. The first kappa shape index (κ1) is 73.4. The number of phosphoric acid groups is 1. The highest BCUT2D eigenvalue weighted by Gasteiger charge is 2.28. The van der Waals surface area contributed by atoms with Gasteiger partial charge in [0.2, 0.25) is 0 Å². The van der Waals surface area contributed by atoms with Gasteiger partial charge in [-0.25, -0.2) is 4.57 Å². The standard InChI is InChI=1S/C64H117O11P/c1-4-7-10-13-16-19-22-25-27-29-30-32-34-37-40-43-46-49-52-55-64(68)75-61(57-71-62(66)53-50-47-44-41-38-36-33-31-28-26-23-20-17-14-11-8-5-2)59-73-76(69,70)72-58-60(56-65)74-63(67)54-51-48-45-42-39-35-24-21-18-15-12-9-6-3/h7,10,16,19,25,27,30,32,60-61,65H,4-6,8-9,11-15,17-18,20-24,26,28-29,31,33-59H2,1-3H3,(H,69,70)/b10-7-,19-16-,27-25-,32-30-. The van der Waals surface area contributed by atoms with Crippen LogP contribution in [0.1, 0.15) is 303 Å². The van der Waals surface area contributed by atoms with Crippen LogP contribution in [-0.4, -0.2) is 66.5 Å². The number of rotatable bonds is 59. The van der Waals surface area contributed by atoms with Crippen LogP contribution in [0, 0.1) is 0 Å². The smallest absolute Gasteiger partial charge is 0.462 e. The Morgan fingerprint density at radius 2 is 0.684 bits per heavy atom. The van der Waals surface area contributed by atoms with Crippen molar-refractivity contribution in [3.63, 3.8) is 0 Å². The second-order valence-corrected chi connectivity index (χ2v) is 22.7. The normalized spacial score (nSPS) is 13.6. The van der Waals surface area contributed by atoms with E-state index in [0.29, 0.717) is 19.3 Å². The van der Waals surface area contributed by atoms with E-state index in [-0.39, 0.29) is 25.9 Å². The van der Waals surface area contributed by atoms with Gasteiger partial charge in [-0.3, -0.25) is 23.4 Å². The van der Waals surface area contributed by atoms with E-state index in [1.807, 2.05) is 0 Å². The first-order valence-electron chi connectivity index (χ1n) is 31.5. The molecule has 3 atom stereocenters. The summed E-state index contributed by atoms with van der Waals surface area (Å²) in [4.78, 5) is 48.7. The lowest BCUT2D eigenvalue weighted by Crippen LogP contribution is -2.30. The SMILES string of the molecule is CC/C=C\C/C=C\C/C=C\C/C=C\CCCCCCCCC(=O)OC(COC(=O)CCCCCCCCCCCCCCCCCCC)COP(=O)(O)OCC(CO)OC(=O)CCCCCCCCCCCCCCC. The topological polar surface area (TPSA) is 155 Å². The minimum absolute atomic E-state index is 0.155. The van der Waals surface area contributed by atoms with Gasteiger partial charge in [0.15, 0.2) is 6.10 Å². The lowest BCUT2D eigenvalue weighted by Gasteiger charge is -2.21. The van der Waals surface area contributed by atoms with E-state index in [4.69, 9.17) is 23.3 Å². The maximum Gasteiger partial charge on any atom is 0.472 e. The molecule has 12 heteroatoms. The van der Waals surface area contributed by atoms with E-state index >= 15 is 0 Å². The van der Waals surface area contributed by atoms with Gasteiger partial charge >= 0.3 is 25.7 Å². The molecule has 0 saturated heterocycles. The van der Waals surface area contributed by atoms with Crippen molar-refractivity contribution in [2.24, 2.45) is 0 Å². The minimum atomic E-state index is -4.75. The summed E-state index contributed by atoms with van der Waals surface area (Å²) in [6.45, 7) is 4.57. The Morgan fingerprint density at radius 1 is 0.382 bits per heavy atom. The van der Waals surface area contributed by atoms with Crippen molar-refractivity contribution in [2.45, 2.75) is 315 Å². The zero-order valence-electron chi connectivity index (χ0n) is 49.2. The van der Waals surface area contributed by atoms with Gasteiger partial charge in [0, 0.05) is 19.3 Å². The average molecular weight is 1090 g/mol. The predicted octanol–water partition coefficient (Wildman–Crippen LogP) is 18.9. The van der Waals surface area contributed by atoms with Crippen LogP contribution in [-0.2, 0) is 42.2 Å². The maximum absolute atomic E-state index is 12.9. The summed E-state index contributed by atoms with van der Waals surface area (Å²) in [5.41, 5.74) is 0. The molecule has 0 bridgehead atoms. The lowest BCUT2D eigenvalue weighted by atomic mass is 10.0. The molecule has 0 saturated carbocycles. The molecule has 0 aliphatic heterocycles. The molecule has 0 amide bonds. The minimum Gasteiger partial charge on any atom is -0.462 e. The molecule has 0 aromatic carbocycles. The van der Waals surface area contributed by atoms with Crippen LogP contribution < -0.4 is 0 Å². The van der Waals surface area contributed by atoms with Crippen LogP contribution in [0.15, 0.2) is 48.6 Å². The Bertz CT molecular complexity index is 1460. The molecule has 3 unspecified atom stereocenters. The van der Waals surface area contributed by atoms with E-state index < -0.39 is 57.8 Å². The quantitative estimate of drug-likeness (QED) is 0.0197. The number of aliphatic hydroxyl groups excluding tert-OH is 1. The van der Waals surface area contributed by atoms with Gasteiger partial charge < -0.3 is 24.2 Å². The van der Waals surface area contributed by atoms with Gasteiger partial charge in [0.25, 0.3) is 0 Å². The van der Waals surface area contributed by atoms with Crippen molar-refractivity contribution in [3.8, 4) is 0 Å². The van der Waals surface area contributed by atoms with Crippen molar-refractivity contribution in [1.29, 1.82) is 0 Å². The first-order chi connectivity index (χ1) is 37.2. The van der Waals surface area contributed by atoms with Crippen LogP contribution in [0.3, 0.4) is 0 Å². The monoisotopic (exact) mass is 1090 g/mol. The van der Waals surface area contributed by atoms with Crippen LogP contribution >= 0.6 is 7.82 Å². The van der Waals surface area contributed by atoms with Gasteiger partial charge in [-0.1, -0.05) is 275 Å². The Labute approximate surface area is 466 Å². The summed E-state index contributed by atoms with van der Waals surface area (Å²) in [7, 11) is -4.75. The maximum atomic E-state index is 12.9. The zero-order chi connectivity index (χ0) is 55.5. The van der Waals surface area contributed by atoms with E-state index in [9.17, 15) is 28.9 Å². The summed E-state index contributed by atoms with van der Waals surface area (Å²) in [5, 5.41) is 9.83. The summed E-state index contributed by atoms with van der Waals surface area (Å²) >= 11 is 0. The van der Waals surface area contributed by atoms with Crippen molar-refractivity contribution in [1.82, 2.24) is 0 Å². The van der Waals surface area contributed by atoms with E-state index in [1.54, 1.807) is 0 Å². The summed E-state index contributed by atoms with van der Waals surface area (Å²) in [6.07, 6.45) is 63.4. The third kappa shape index (κ3) is 56.2. The number of aliphatic hydroxyl groups is 1. The molecule has 0 rings (SSSR count). The molecule has 2 N–H and O–H groups in total. The van der Waals surface area contributed by atoms with Crippen molar-refractivity contribution in [3.05, 3.63) is 48.6 Å². The Balaban J connectivity index is 4.70. The first-order valence-corrected chi connectivity index (χ1v) is 33.0. The van der Waals surface area contributed by atoms with Gasteiger partial charge in [-0.15, -0.1) is 0 Å². The van der Waals surface area contributed by atoms with Gasteiger partial charge in [-0.2, -0.15) is 0 Å². The molecule has 0 aliphatic rings. The summed E-state index contributed by atoms with van der Waals surface area (Å²) in [5.74, 6) is -1.46. The van der Waals surface area contributed by atoms with Crippen LogP contribution in [0.4, 0.5) is 0 Å². The molecule has 0 radical (unpaired) electrons. The molecule has 444 valence electrons. The highest BCUT2D eigenvalue weighted by Crippen LogP contribution is 2.43. The highest BCUT2D eigenvalue weighted by atomic mass is 31.2. The number of hydrogen-bond acceptors (Lipinski definition) is 10. The predicted molar refractivity (Wildman–Crippen MR) is 316 cm³/mol.